The Labute approximate surface area is 203 Å². The van der Waals surface area contributed by atoms with Gasteiger partial charge in [-0.05, 0) is 55.0 Å². The Balaban J connectivity index is 1.51. The second-order valence-electron chi connectivity index (χ2n) is 8.10. The van der Waals surface area contributed by atoms with Gasteiger partial charge in [-0.2, -0.15) is 18.4 Å². The molecule has 10 heteroatoms. The molecule has 2 aromatic carbocycles. The minimum absolute atomic E-state index is 0.0473. The van der Waals surface area contributed by atoms with Crippen molar-refractivity contribution in [2.45, 2.75) is 13.1 Å². The Bertz CT molecular complexity index is 1660. The highest BCUT2D eigenvalue weighted by Crippen LogP contribution is 2.33. The number of rotatable bonds is 4. The maximum absolute atomic E-state index is 13.6. The molecule has 0 saturated heterocycles. The van der Waals surface area contributed by atoms with E-state index in [-0.39, 0.29) is 22.6 Å². The summed E-state index contributed by atoms with van der Waals surface area (Å²) in [6.07, 6.45) is 1.47. The molecule has 0 aliphatic heterocycles. The van der Waals surface area contributed by atoms with Gasteiger partial charge in [-0.3, -0.25) is 9.20 Å². The van der Waals surface area contributed by atoms with E-state index in [1.807, 2.05) is 41.8 Å². The lowest BCUT2D eigenvalue weighted by molar-refractivity contribution is -0.137. The van der Waals surface area contributed by atoms with E-state index < -0.39 is 17.6 Å². The predicted octanol–water partition coefficient (Wildman–Crippen LogP) is 5.64. The molecule has 5 rings (SSSR count). The van der Waals surface area contributed by atoms with Gasteiger partial charge in [-0.1, -0.05) is 12.1 Å². The smallest absolute Gasteiger partial charge is 0.322 e. The molecular weight excluding hydrogens is 469 g/mol. The molecule has 0 radical (unpaired) electrons. The van der Waals surface area contributed by atoms with Crippen molar-refractivity contribution in [1.82, 2.24) is 18.9 Å². The number of hydrogen-bond donors (Lipinski definition) is 1. The Morgan fingerprint density at radius 3 is 2.67 bits per heavy atom. The number of carbonyl (C=O) groups is 1. The van der Waals surface area contributed by atoms with Crippen LogP contribution in [-0.4, -0.2) is 24.8 Å². The minimum atomic E-state index is -4.64. The van der Waals surface area contributed by atoms with E-state index in [2.05, 4.69) is 15.3 Å². The van der Waals surface area contributed by atoms with Gasteiger partial charge in [0.25, 0.3) is 5.91 Å². The van der Waals surface area contributed by atoms with Crippen molar-refractivity contribution in [1.29, 1.82) is 5.26 Å². The summed E-state index contributed by atoms with van der Waals surface area (Å²) in [6, 6.07) is 15.7. The number of hydrogen-bond acceptors (Lipinski definition) is 4. The number of halogens is 3. The lowest BCUT2D eigenvalue weighted by Crippen LogP contribution is -2.14. The summed E-state index contributed by atoms with van der Waals surface area (Å²) in [5, 5.41) is 11.6. The fourth-order valence-corrected chi connectivity index (χ4v) is 3.89. The van der Waals surface area contributed by atoms with Crippen LogP contribution in [0.3, 0.4) is 0 Å². The van der Waals surface area contributed by atoms with Crippen LogP contribution < -0.4 is 5.32 Å². The fourth-order valence-electron chi connectivity index (χ4n) is 3.89. The molecule has 1 N–H and O–H groups in total. The van der Waals surface area contributed by atoms with E-state index in [0.717, 1.165) is 34.6 Å². The number of carbonyl (C=O) groups excluding carboxylic acids is 1. The van der Waals surface area contributed by atoms with Crippen molar-refractivity contribution in [3.05, 3.63) is 102 Å². The van der Waals surface area contributed by atoms with Gasteiger partial charge in [0.1, 0.15) is 18.0 Å². The number of amides is 1. The molecule has 0 saturated carbocycles. The van der Waals surface area contributed by atoms with E-state index in [4.69, 9.17) is 5.26 Å². The van der Waals surface area contributed by atoms with Crippen molar-refractivity contribution < 1.29 is 18.0 Å². The number of nitriles is 1. The maximum atomic E-state index is 13.6. The first-order chi connectivity index (χ1) is 17.2. The van der Waals surface area contributed by atoms with Gasteiger partial charge in [0.05, 0.1) is 17.5 Å². The molecule has 3 heterocycles. The van der Waals surface area contributed by atoms with Gasteiger partial charge in [-0.25, -0.2) is 9.97 Å². The number of alkyl halides is 3. The summed E-state index contributed by atoms with van der Waals surface area (Å²) in [7, 11) is 0. The number of pyridine rings is 1. The number of benzene rings is 2. The fraction of sp³-hybridized carbons (Fsp3) is 0.0769. The molecular formula is C26H17F3N6O. The Hall–Kier alpha value is -4.91. The first kappa shape index (κ1) is 22.9. The van der Waals surface area contributed by atoms with E-state index in [9.17, 15) is 18.0 Å². The molecule has 5 aromatic rings. The molecule has 36 heavy (non-hydrogen) atoms. The van der Waals surface area contributed by atoms with Crippen LogP contribution in [0.1, 0.15) is 27.2 Å². The third-order valence-electron chi connectivity index (χ3n) is 5.69. The molecule has 0 aliphatic carbocycles. The monoisotopic (exact) mass is 486 g/mol. The van der Waals surface area contributed by atoms with Gasteiger partial charge < -0.3 is 9.88 Å². The second-order valence-corrected chi connectivity index (χ2v) is 8.10. The molecule has 0 unspecified atom stereocenters. The van der Waals surface area contributed by atoms with Crippen LogP contribution in [0.5, 0.6) is 0 Å². The molecule has 7 nitrogen and oxygen atoms in total. The summed E-state index contributed by atoms with van der Waals surface area (Å²) in [5.41, 5.74) is 2.65. The molecule has 1 amide bonds. The standard InChI is InChI=1S/C26H17F3N6O/c1-16-5-6-17(8-22(16)23-13-31-24-4-2-3-7-35(23)24)25(36)33-19-9-18(26(27,28)29)10-21(11-19)34-14-20(12-30)32-15-34/h2-11,13-15H,1H3,(H,33,36). The molecule has 0 fully saturated rings. The topological polar surface area (TPSA) is 88.0 Å². The highest BCUT2D eigenvalue weighted by Gasteiger charge is 2.31. The first-order valence-electron chi connectivity index (χ1n) is 10.7. The van der Waals surface area contributed by atoms with Crippen LogP contribution in [-0.2, 0) is 6.18 Å². The third-order valence-corrected chi connectivity index (χ3v) is 5.69. The van der Waals surface area contributed by atoms with Crippen molar-refractivity contribution in [3.8, 4) is 23.0 Å². The largest absolute Gasteiger partial charge is 0.416 e. The molecule has 0 bridgehead atoms. The zero-order valence-corrected chi connectivity index (χ0v) is 18.8. The lowest BCUT2D eigenvalue weighted by atomic mass is 10.0. The van der Waals surface area contributed by atoms with Crippen LogP contribution in [0.2, 0.25) is 0 Å². The van der Waals surface area contributed by atoms with Crippen molar-refractivity contribution in [3.63, 3.8) is 0 Å². The summed E-state index contributed by atoms with van der Waals surface area (Å²) in [5.74, 6) is -0.571. The van der Waals surface area contributed by atoms with E-state index in [0.29, 0.717) is 0 Å². The van der Waals surface area contributed by atoms with Gasteiger partial charge in [-0.15, -0.1) is 0 Å². The maximum Gasteiger partial charge on any atom is 0.416 e. The average molecular weight is 486 g/mol. The van der Waals surface area contributed by atoms with Crippen LogP contribution >= 0.6 is 0 Å². The number of fused-ring (bicyclic) bond motifs is 1. The molecule has 0 atom stereocenters. The Morgan fingerprint density at radius 2 is 1.92 bits per heavy atom. The van der Waals surface area contributed by atoms with E-state index in [1.165, 1.54) is 23.2 Å². The van der Waals surface area contributed by atoms with E-state index >= 15 is 0 Å². The van der Waals surface area contributed by atoms with Crippen molar-refractivity contribution in [2.24, 2.45) is 0 Å². The van der Waals surface area contributed by atoms with Gasteiger partial charge >= 0.3 is 6.18 Å². The van der Waals surface area contributed by atoms with E-state index in [1.54, 1.807) is 24.4 Å². The number of nitrogens with one attached hydrogen (secondary N) is 1. The molecule has 178 valence electrons. The quantitative estimate of drug-likeness (QED) is 0.356. The van der Waals surface area contributed by atoms with Crippen LogP contribution in [0, 0.1) is 18.3 Å². The normalized spacial score (nSPS) is 11.4. The summed E-state index contributed by atoms with van der Waals surface area (Å²) >= 11 is 0. The SMILES string of the molecule is Cc1ccc(C(=O)Nc2cc(-n3cnc(C#N)c3)cc(C(F)(F)F)c2)cc1-c1cnc2ccccn12. The van der Waals surface area contributed by atoms with Crippen molar-refractivity contribution in [2.75, 3.05) is 5.32 Å². The summed E-state index contributed by atoms with van der Waals surface area (Å²) in [6.45, 7) is 1.90. The molecule has 0 spiro atoms. The highest BCUT2D eigenvalue weighted by atomic mass is 19.4. The number of aryl methyl sites for hydroxylation is 1. The zero-order valence-electron chi connectivity index (χ0n) is 18.8. The molecule has 0 aliphatic rings. The Morgan fingerprint density at radius 1 is 1.08 bits per heavy atom. The summed E-state index contributed by atoms with van der Waals surface area (Å²) in [4.78, 5) is 21.3. The van der Waals surface area contributed by atoms with Crippen LogP contribution in [0.25, 0.3) is 22.6 Å². The lowest BCUT2D eigenvalue weighted by Gasteiger charge is -2.14. The summed E-state index contributed by atoms with van der Waals surface area (Å²) < 4.78 is 43.9. The third kappa shape index (κ3) is 4.30. The second kappa shape index (κ2) is 8.70. The number of nitrogens with zero attached hydrogens (tertiary/aromatic N) is 5. The average Bonchev–Trinajstić information content (AvgIpc) is 3.51. The minimum Gasteiger partial charge on any atom is -0.322 e. The number of anilines is 1. The zero-order chi connectivity index (χ0) is 25.4. The van der Waals surface area contributed by atoms with Gasteiger partial charge in [0.2, 0.25) is 0 Å². The first-order valence-corrected chi connectivity index (χ1v) is 10.7. The Kier molecular flexibility index (Phi) is 5.53. The van der Waals surface area contributed by atoms with Gasteiger partial charge in [0, 0.05) is 34.9 Å². The molecule has 3 aromatic heterocycles. The predicted molar refractivity (Wildman–Crippen MR) is 127 cm³/mol. The number of aromatic nitrogens is 4. The highest BCUT2D eigenvalue weighted by molar-refractivity contribution is 6.05. The van der Waals surface area contributed by atoms with Crippen LogP contribution in [0.4, 0.5) is 18.9 Å². The van der Waals surface area contributed by atoms with Crippen LogP contribution in [0.15, 0.2) is 79.5 Å². The van der Waals surface area contributed by atoms with Crippen molar-refractivity contribution >= 4 is 17.2 Å². The number of imidazole rings is 2. The van der Waals surface area contributed by atoms with Gasteiger partial charge in [0.15, 0.2) is 5.69 Å².